The lowest BCUT2D eigenvalue weighted by molar-refractivity contribution is -0.116. The first kappa shape index (κ1) is 18.9. The number of aromatic nitrogens is 2. The predicted octanol–water partition coefficient (Wildman–Crippen LogP) is 3.01. The Balaban J connectivity index is 1.82. The lowest BCUT2D eigenvalue weighted by Gasteiger charge is -2.04. The molecule has 0 saturated carbocycles. The van der Waals surface area contributed by atoms with Crippen molar-refractivity contribution < 1.29 is 14.3 Å². The molecule has 3 rings (SSSR count). The SMILES string of the molecule is CCOC(=O)c1sc(NC(=O)Cn2c(=O)n(CC)c3ccccc32)cc1C. The zero-order valence-electron chi connectivity index (χ0n) is 15.4. The van der Waals surface area contributed by atoms with E-state index >= 15 is 0 Å². The van der Waals surface area contributed by atoms with Crippen molar-refractivity contribution in [2.75, 3.05) is 11.9 Å². The number of nitrogens with one attached hydrogen (secondary N) is 1. The van der Waals surface area contributed by atoms with E-state index in [-0.39, 0.29) is 18.1 Å². The number of benzene rings is 1. The minimum Gasteiger partial charge on any atom is -0.462 e. The number of nitrogens with zero attached hydrogens (tertiary/aromatic N) is 2. The zero-order chi connectivity index (χ0) is 19.6. The van der Waals surface area contributed by atoms with Gasteiger partial charge >= 0.3 is 11.7 Å². The van der Waals surface area contributed by atoms with Crippen LogP contribution in [0.15, 0.2) is 35.1 Å². The lowest BCUT2D eigenvalue weighted by atomic mass is 10.3. The fourth-order valence-electron chi connectivity index (χ4n) is 2.99. The summed E-state index contributed by atoms with van der Waals surface area (Å²) in [6.45, 7) is 6.15. The highest BCUT2D eigenvalue weighted by atomic mass is 32.1. The maximum absolute atomic E-state index is 12.6. The van der Waals surface area contributed by atoms with Gasteiger partial charge in [0, 0.05) is 6.54 Å². The van der Waals surface area contributed by atoms with Gasteiger partial charge < -0.3 is 10.1 Å². The number of hydrogen-bond acceptors (Lipinski definition) is 5. The van der Waals surface area contributed by atoms with Crippen LogP contribution in [0.4, 0.5) is 5.00 Å². The van der Waals surface area contributed by atoms with Crippen molar-refractivity contribution >= 4 is 39.2 Å². The van der Waals surface area contributed by atoms with Gasteiger partial charge in [-0.25, -0.2) is 9.59 Å². The second-order valence-corrected chi connectivity index (χ2v) is 7.05. The third kappa shape index (κ3) is 3.66. The van der Waals surface area contributed by atoms with Crippen LogP contribution in [0.5, 0.6) is 0 Å². The van der Waals surface area contributed by atoms with Crippen LogP contribution >= 0.6 is 11.3 Å². The molecule has 0 atom stereocenters. The van der Waals surface area contributed by atoms with Gasteiger partial charge in [0.25, 0.3) is 0 Å². The smallest absolute Gasteiger partial charge is 0.348 e. The van der Waals surface area contributed by atoms with E-state index < -0.39 is 5.97 Å². The molecule has 0 aliphatic rings. The highest BCUT2D eigenvalue weighted by Gasteiger charge is 2.18. The van der Waals surface area contributed by atoms with E-state index in [0.29, 0.717) is 28.5 Å². The summed E-state index contributed by atoms with van der Waals surface area (Å²) in [6, 6.07) is 9.12. The molecule has 1 aromatic carbocycles. The number of amides is 1. The molecule has 8 heteroatoms. The van der Waals surface area contributed by atoms with Crippen LogP contribution in [0.1, 0.15) is 29.1 Å². The van der Waals surface area contributed by atoms with E-state index in [0.717, 1.165) is 22.4 Å². The van der Waals surface area contributed by atoms with Crippen molar-refractivity contribution in [3.05, 3.63) is 51.3 Å². The van der Waals surface area contributed by atoms with Crippen LogP contribution in [-0.2, 0) is 22.6 Å². The van der Waals surface area contributed by atoms with E-state index in [1.165, 1.54) is 4.57 Å². The van der Waals surface area contributed by atoms with Gasteiger partial charge in [0.1, 0.15) is 11.4 Å². The van der Waals surface area contributed by atoms with Crippen molar-refractivity contribution in [1.82, 2.24) is 9.13 Å². The quantitative estimate of drug-likeness (QED) is 0.659. The molecule has 1 amide bonds. The van der Waals surface area contributed by atoms with Gasteiger partial charge in [0.2, 0.25) is 5.91 Å². The maximum Gasteiger partial charge on any atom is 0.348 e. The first-order chi connectivity index (χ1) is 13.0. The summed E-state index contributed by atoms with van der Waals surface area (Å²) in [5.41, 5.74) is 2.04. The molecular formula is C19H21N3O4S. The summed E-state index contributed by atoms with van der Waals surface area (Å²) in [6.07, 6.45) is 0. The molecule has 0 fully saturated rings. The second-order valence-electron chi connectivity index (χ2n) is 5.99. The first-order valence-electron chi connectivity index (χ1n) is 8.71. The van der Waals surface area contributed by atoms with Gasteiger partial charge in [-0.1, -0.05) is 12.1 Å². The average molecular weight is 387 g/mol. The van der Waals surface area contributed by atoms with E-state index in [4.69, 9.17) is 4.74 Å². The molecular weight excluding hydrogens is 366 g/mol. The molecule has 7 nitrogen and oxygen atoms in total. The Hall–Kier alpha value is -2.87. The number of esters is 1. The fourth-order valence-corrected chi connectivity index (χ4v) is 3.98. The Morgan fingerprint density at radius 2 is 1.81 bits per heavy atom. The summed E-state index contributed by atoms with van der Waals surface area (Å²) in [5.74, 6) is -0.726. The minimum absolute atomic E-state index is 0.0992. The Morgan fingerprint density at radius 3 is 2.44 bits per heavy atom. The molecule has 0 unspecified atom stereocenters. The minimum atomic E-state index is -0.400. The maximum atomic E-state index is 12.6. The van der Waals surface area contributed by atoms with E-state index in [2.05, 4.69) is 5.32 Å². The van der Waals surface area contributed by atoms with Gasteiger partial charge in [-0.15, -0.1) is 11.3 Å². The number of para-hydroxylation sites is 2. The number of aryl methyl sites for hydroxylation is 2. The van der Waals surface area contributed by atoms with Gasteiger partial charge in [0.05, 0.1) is 22.6 Å². The third-order valence-corrected chi connectivity index (χ3v) is 5.32. The highest BCUT2D eigenvalue weighted by Crippen LogP contribution is 2.27. The van der Waals surface area contributed by atoms with Crippen LogP contribution in [0.2, 0.25) is 0 Å². The summed E-state index contributed by atoms with van der Waals surface area (Å²) in [4.78, 5) is 37.5. The molecule has 0 spiro atoms. The van der Waals surface area contributed by atoms with Gasteiger partial charge in [-0.2, -0.15) is 0 Å². The van der Waals surface area contributed by atoms with E-state index in [1.54, 1.807) is 24.5 Å². The zero-order valence-corrected chi connectivity index (χ0v) is 16.3. The standard InChI is InChI=1S/C19H21N3O4S/c1-4-21-13-8-6-7-9-14(13)22(19(21)25)11-15(23)20-16-10-12(3)17(27-16)18(24)26-5-2/h6-10H,4-5,11H2,1-3H3,(H,20,23). The third-order valence-electron chi connectivity index (χ3n) is 4.18. The van der Waals surface area contributed by atoms with Gasteiger partial charge in [0.15, 0.2) is 0 Å². The molecule has 27 heavy (non-hydrogen) atoms. The number of rotatable bonds is 6. The number of thiophene rings is 1. The summed E-state index contributed by atoms with van der Waals surface area (Å²) >= 11 is 1.16. The normalized spacial score (nSPS) is 10.9. The fraction of sp³-hybridized carbons (Fsp3) is 0.316. The Labute approximate surface area is 160 Å². The number of fused-ring (bicyclic) bond motifs is 1. The van der Waals surface area contributed by atoms with Crippen LogP contribution in [0.25, 0.3) is 11.0 Å². The number of hydrogen-bond donors (Lipinski definition) is 1. The Morgan fingerprint density at radius 1 is 1.15 bits per heavy atom. The van der Waals surface area contributed by atoms with Crippen LogP contribution < -0.4 is 11.0 Å². The summed E-state index contributed by atoms with van der Waals surface area (Å²) < 4.78 is 8.11. The number of carbonyl (C=O) groups excluding carboxylic acids is 2. The molecule has 0 aliphatic carbocycles. The van der Waals surface area contributed by atoms with E-state index in [1.807, 2.05) is 31.2 Å². The Bertz CT molecular complexity index is 1060. The molecule has 0 saturated heterocycles. The monoisotopic (exact) mass is 387 g/mol. The van der Waals surface area contributed by atoms with Crippen molar-refractivity contribution in [1.29, 1.82) is 0 Å². The van der Waals surface area contributed by atoms with Crippen LogP contribution in [-0.4, -0.2) is 27.6 Å². The molecule has 1 N–H and O–H groups in total. The average Bonchev–Trinajstić information content (AvgIpc) is 3.13. The molecule has 2 heterocycles. The predicted molar refractivity (Wildman–Crippen MR) is 106 cm³/mol. The summed E-state index contributed by atoms with van der Waals surface area (Å²) in [5, 5.41) is 3.32. The largest absolute Gasteiger partial charge is 0.462 e. The van der Waals surface area contributed by atoms with Crippen LogP contribution in [0.3, 0.4) is 0 Å². The molecule has 3 aromatic rings. The van der Waals surface area contributed by atoms with Crippen molar-refractivity contribution in [2.24, 2.45) is 0 Å². The molecule has 2 aromatic heterocycles. The van der Waals surface area contributed by atoms with E-state index in [9.17, 15) is 14.4 Å². The van der Waals surface area contributed by atoms with Gasteiger partial charge in [-0.05, 0) is 44.5 Å². The highest BCUT2D eigenvalue weighted by molar-refractivity contribution is 7.18. The Kier molecular flexibility index (Phi) is 5.46. The van der Waals surface area contributed by atoms with Crippen molar-refractivity contribution in [3.63, 3.8) is 0 Å². The lowest BCUT2D eigenvalue weighted by Crippen LogP contribution is -2.29. The molecule has 0 bridgehead atoms. The van der Waals surface area contributed by atoms with Crippen molar-refractivity contribution in [2.45, 2.75) is 33.9 Å². The van der Waals surface area contributed by atoms with Crippen LogP contribution in [0, 0.1) is 6.92 Å². The molecule has 0 aliphatic heterocycles. The van der Waals surface area contributed by atoms with Gasteiger partial charge in [-0.3, -0.25) is 13.9 Å². The molecule has 0 radical (unpaired) electrons. The second kappa shape index (κ2) is 7.79. The number of anilines is 1. The molecule has 142 valence electrons. The number of carbonyl (C=O) groups is 2. The number of imidazole rings is 1. The summed E-state index contributed by atoms with van der Waals surface area (Å²) in [7, 11) is 0. The topological polar surface area (TPSA) is 82.3 Å². The number of ether oxygens (including phenoxy) is 1. The van der Waals surface area contributed by atoms with Crippen molar-refractivity contribution in [3.8, 4) is 0 Å². The first-order valence-corrected chi connectivity index (χ1v) is 9.53.